The van der Waals surface area contributed by atoms with Crippen LogP contribution < -0.4 is 14.8 Å². The molecule has 0 aliphatic carbocycles. The number of pyridine rings is 1. The Bertz CT molecular complexity index is 1360. The number of nitrogens with zero attached hydrogens (tertiary/aromatic N) is 1. The van der Waals surface area contributed by atoms with Gasteiger partial charge in [-0.25, -0.2) is 4.98 Å². The van der Waals surface area contributed by atoms with Gasteiger partial charge in [-0.15, -0.1) is 0 Å². The lowest BCUT2D eigenvalue weighted by Crippen LogP contribution is -2.52. The number of alkyl halides is 3. The number of benzene rings is 2. The summed E-state index contributed by atoms with van der Waals surface area (Å²) < 4.78 is 54.3. The van der Waals surface area contributed by atoms with Crippen molar-refractivity contribution in [2.75, 3.05) is 26.9 Å². The first-order valence-corrected chi connectivity index (χ1v) is 13.0. The van der Waals surface area contributed by atoms with Gasteiger partial charge in [-0.1, -0.05) is 29.8 Å². The number of aliphatic hydroxyl groups excluding tert-OH is 1. The van der Waals surface area contributed by atoms with Crippen LogP contribution in [0.25, 0.3) is 11.3 Å². The minimum atomic E-state index is -5.10. The molecule has 3 aromatic rings. The third-order valence-electron chi connectivity index (χ3n) is 7.39. The molecule has 3 N–H and O–H groups in total. The lowest BCUT2D eigenvalue weighted by atomic mass is 9.80. The molecule has 2 atom stereocenters. The number of carbonyl (C=O) groups excluding carboxylic acids is 1. The Balaban J connectivity index is 1.69. The highest BCUT2D eigenvalue weighted by molar-refractivity contribution is 5.96. The molecule has 1 fully saturated rings. The van der Waals surface area contributed by atoms with Gasteiger partial charge in [-0.3, -0.25) is 4.79 Å². The number of ether oxygens (including phenoxy) is 2. The number of halogens is 3. The van der Waals surface area contributed by atoms with Gasteiger partial charge in [-0.2, -0.15) is 13.2 Å². The molecule has 0 saturated carbocycles. The molecular formula is C30H33F3N2O5. The molecule has 10 heteroatoms. The fraction of sp³-hybridized carbons (Fsp3) is 0.400. The standard InChI is InChI=1S/C30H33F3N2O5/c1-19-4-6-20(7-5-19)23-17-22(28(2)12-13-34-28)18-27(35-23)29(38,30(31,32)33)11-10-24(37)21-8-9-25(40-15-14-36)26(16-21)39-3/h4-9,16-18,34,36,38H,10-15H2,1-3H3. The first-order chi connectivity index (χ1) is 18.9. The Morgan fingerprint density at radius 2 is 1.80 bits per heavy atom. The van der Waals surface area contributed by atoms with Gasteiger partial charge in [0, 0.05) is 23.1 Å². The van der Waals surface area contributed by atoms with Crippen LogP contribution in [0, 0.1) is 6.92 Å². The third-order valence-corrected chi connectivity index (χ3v) is 7.39. The highest BCUT2D eigenvalue weighted by atomic mass is 19.4. The highest BCUT2D eigenvalue weighted by Gasteiger charge is 2.56. The normalized spacial score (nSPS) is 18.5. The van der Waals surface area contributed by atoms with Crippen LogP contribution in [0.5, 0.6) is 11.5 Å². The van der Waals surface area contributed by atoms with E-state index >= 15 is 0 Å². The summed E-state index contributed by atoms with van der Waals surface area (Å²) in [6.07, 6.45) is -5.91. The summed E-state index contributed by atoms with van der Waals surface area (Å²) in [6.45, 7) is 4.30. The fourth-order valence-corrected chi connectivity index (χ4v) is 4.65. The number of aryl methyl sites for hydroxylation is 1. The lowest BCUT2D eigenvalue weighted by Gasteiger charge is -2.41. The Labute approximate surface area is 231 Å². The number of aromatic nitrogens is 1. The van der Waals surface area contributed by atoms with Crippen LogP contribution in [0.3, 0.4) is 0 Å². The topological polar surface area (TPSA) is 101 Å². The van der Waals surface area contributed by atoms with E-state index < -0.39 is 41.6 Å². The first kappa shape index (κ1) is 29.5. The average molecular weight is 559 g/mol. The molecule has 2 aromatic carbocycles. The van der Waals surface area contributed by atoms with Crippen molar-refractivity contribution in [3.05, 3.63) is 77.0 Å². The summed E-state index contributed by atoms with van der Waals surface area (Å²) in [7, 11) is 1.36. The van der Waals surface area contributed by atoms with Gasteiger partial charge in [0.25, 0.3) is 0 Å². The van der Waals surface area contributed by atoms with Gasteiger partial charge in [-0.05, 0) is 69.1 Å². The van der Waals surface area contributed by atoms with E-state index in [0.29, 0.717) is 23.2 Å². The van der Waals surface area contributed by atoms with Crippen molar-refractivity contribution < 1.29 is 37.7 Å². The van der Waals surface area contributed by atoms with Crippen molar-refractivity contribution in [3.8, 4) is 22.8 Å². The lowest BCUT2D eigenvalue weighted by molar-refractivity contribution is -0.270. The molecule has 1 saturated heterocycles. The van der Waals surface area contributed by atoms with E-state index in [4.69, 9.17) is 14.6 Å². The second kappa shape index (κ2) is 11.6. The number of rotatable bonds is 11. The number of carbonyl (C=O) groups is 1. The van der Waals surface area contributed by atoms with Gasteiger partial charge in [0.1, 0.15) is 6.61 Å². The van der Waals surface area contributed by atoms with Gasteiger partial charge in [0.2, 0.25) is 5.60 Å². The van der Waals surface area contributed by atoms with E-state index in [1.807, 2.05) is 26.0 Å². The van der Waals surface area contributed by atoms with Crippen molar-refractivity contribution in [3.63, 3.8) is 0 Å². The Morgan fingerprint density at radius 1 is 1.10 bits per heavy atom. The molecule has 2 heterocycles. The summed E-state index contributed by atoms with van der Waals surface area (Å²) in [5, 5.41) is 23.5. The number of nitrogens with one attached hydrogen (secondary N) is 1. The molecule has 1 aliphatic rings. The summed E-state index contributed by atoms with van der Waals surface area (Å²) in [4.78, 5) is 17.3. The maximum atomic E-state index is 14.6. The highest BCUT2D eigenvalue weighted by Crippen LogP contribution is 2.44. The van der Waals surface area contributed by atoms with Crippen LogP contribution in [0.15, 0.2) is 54.6 Å². The van der Waals surface area contributed by atoms with Crippen molar-refractivity contribution in [2.45, 2.75) is 50.4 Å². The molecule has 0 amide bonds. The smallest absolute Gasteiger partial charge is 0.422 e. The molecule has 40 heavy (non-hydrogen) atoms. The predicted octanol–water partition coefficient (Wildman–Crippen LogP) is 5.06. The zero-order valence-corrected chi connectivity index (χ0v) is 22.6. The van der Waals surface area contributed by atoms with Crippen molar-refractivity contribution in [2.24, 2.45) is 0 Å². The largest absolute Gasteiger partial charge is 0.493 e. The van der Waals surface area contributed by atoms with Gasteiger partial charge in [0.05, 0.1) is 25.1 Å². The number of methoxy groups -OCH3 is 1. The zero-order chi connectivity index (χ0) is 29.1. The van der Waals surface area contributed by atoms with Crippen LogP contribution in [0.1, 0.15) is 53.4 Å². The molecule has 0 bridgehead atoms. The molecule has 214 valence electrons. The summed E-state index contributed by atoms with van der Waals surface area (Å²) in [5.74, 6) is -0.136. The Hall–Kier alpha value is -3.47. The molecule has 4 rings (SSSR count). The second-order valence-corrected chi connectivity index (χ2v) is 10.2. The molecule has 7 nitrogen and oxygen atoms in total. The van der Waals surface area contributed by atoms with Crippen LogP contribution in [-0.2, 0) is 11.1 Å². The first-order valence-electron chi connectivity index (χ1n) is 13.0. The molecule has 0 spiro atoms. The zero-order valence-electron chi connectivity index (χ0n) is 22.6. The van der Waals surface area contributed by atoms with Crippen LogP contribution in [-0.4, -0.2) is 54.0 Å². The van der Waals surface area contributed by atoms with Crippen LogP contribution in [0.2, 0.25) is 0 Å². The average Bonchev–Trinajstić information content (AvgIpc) is 2.92. The molecule has 1 aromatic heterocycles. The third kappa shape index (κ3) is 5.99. The van der Waals surface area contributed by atoms with Gasteiger partial charge in [0.15, 0.2) is 17.3 Å². The monoisotopic (exact) mass is 558 g/mol. The van der Waals surface area contributed by atoms with Crippen molar-refractivity contribution in [1.29, 1.82) is 0 Å². The van der Waals surface area contributed by atoms with E-state index in [1.54, 1.807) is 18.2 Å². The number of hydrogen-bond acceptors (Lipinski definition) is 7. The molecular weight excluding hydrogens is 525 g/mol. The number of Topliss-reactive ketones (excluding diaryl/α,β-unsaturated/α-hetero) is 1. The van der Waals surface area contributed by atoms with E-state index in [1.165, 1.54) is 31.4 Å². The predicted molar refractivity (Wildman–Crippen MR) is 143 cm³/mol. The summed E-state index contributed by atoms with van der Waals surface area (Å²) in [6, 6.07) is 14.5. The van der Waals surface area contributed by atoms with Gasteiger partial charge < -0.3 is 25.0 Å². The maximum Gasteiger partial charge on any atom is 0.422 e. The van der Waals surface area contributed by atoms with Crippen LogP contribution >= 0.6 is 0 Å². The summed E-state index contributed by atoms with van der Waals surface area (Å²) >= 11 is 0. The van der Waals surface area contributed by atoms with E-state index in [2.05, 4.69) is 10.3 Å². The maximum absolute atomic E-state index is 14.6. The van der Waals surface area contributed by atoms with E-state index in [0.717, 1.165) is 12.1 Å². The molecule has 1 aliphatic heterocycles. The molecule has 0 radical (unpaired) electrons. The van der Waals surface area contributed by atoms with Crippen molar-refractivity contribution >= 4 is 5.78 Å². The quantitative estimate of drug-likeness (QED) is 0.283. The van der Waals surface area contributed by atoms with E-state index in [-0.39, 0.29) is 30.3 Å². The Morgan fingerprint density at radius 3 is 2.38 bits per heavy atom. The minimum Gasteiger partial charge on any atom is -0.493 e. The number of hydrogen-bond donors (Lipinski definition) is 3. The number of ketones is 1. The SMILES string of the molecule is COc1cc(C(=O)CCC(O)(c2cc(C3(C)CCN3)cc(-c3ccc(C)cc3)n2)C(F)(F)F)ccc1OCCO. The van der Waals surface area contributed by atoms with Crippen LogP contribution in [0.4, 0.5) is 13.2 Å². The van der Waals surface area contributed by atoms with Gasteiger partial charge >= 0.3 is 6.18 Å². The molecule has 2 unspecified atom stereocenters. The number of aliphatic hydroxyl groups is 2. The summed E-state index contributed by atoms with van der Waals surface area (Å²) in [5.41, 5.74) is -1.89. The fourth-order valence-electron chi connectivity index (χ4n) is 4.65. The Kier molecular flexibility index (Phi) is 8.53. The minimum absolute atomic E-state index is 0.00741. The van der Waals surface area contributed by atoms with E-state index in [9.17, 15) is 23.1 Å². The second-order valence-electron chi connectivity index (χ2n) is 10.2. The van der Waals surface area contributed by atoms with Crippen molar-refractivity contribution in [1.82, 2.24) is 10.3 Å².